The molecule has 0 aromatic heterocycles. The van der Waals surface area contributed by atoms with Gasteiger partial charge in [0.2, 0.25) is 0 Å². The Kier molecular flexibility index (Phi) is 4.63. The van der Waals surface area contributed by atoms with E-state index in [0.29, 0.717) is 0 Å². The van der Waals surface area contributed by atoms with Crippen molar-refractivity contribution in [2.75, 3.05) is 13.6 Å². The quantitative estimate of drug-likeness (QED) is 0.801. The molecule has 84 valence electrons. The van der Waals surface area contributed by atoms with Gasteiger partial charge in [0.05, 0.1) is 0 Å². The predicted octanol–water partition coefficient (Wildman–Crippen LogP) is 2.68. The highest BCUT2D eigenvalue weighted by Gasteiger charge is 2.08. The molecule has 0 saturated carbocycles. The molecule has 1 N–H and O–H groups in total. The molecule has 1 aromatic rings. The highest BCUT2D eigenvalue weighted by molar-refractivity contribution is 5.36. The highest BCUT2D eigenvalue weighted by Crippen LogP contribution is 2.20. The summed E-state index contributed by atoms with van der Waals surface area (Å²) in [5, 5.41) is 3.15. The van der Waals surface area contributed by atoms with E-state index in [-0.39, 0.29) is 6.10 Å². The van der Waals surface area contributed by atoms with Crippen molar-refractivity contribution >= 4 is 0 Å². The minimum absolute atomic E-state index is 0.260. The standard InChI is InChI=1S/C13H21NO/c1-5-12(9-14-4)15-13-8-10(2)6-7-11(13)3/h6-8,12,14H,5,9H2,1-4H3. The minimum atomic E-state index is 0.260. The van der Waals surface area contributed by atoms with Crippen LogP contribution in [0.1, 0.15) is 24.5 Å². The third-order valence-electron chi connectivity index (χ3n) is 2.52. The summed E-state index contributed by atoms with van der Waals surface area (Å²) in [5.74, 6) is 1.01. The number of nitrogens with one attached hydrogen (secondary N) is 1. The first-order valence-corrected chi connectivity index (χ1v) is 5.56. The van der Waals surface area contributed by atoms with Crippen LogP contribution in [0.2, 0.25) is 0 Å². The van der Waals surface area contributed by atoms with Gasteiger partial charge < -0.3 is 10.1 Å². The fourth-order valence-corrected chi connectivity index (χ4v) is 1.51. The Balaban J connectivity index is 2.73. The van der Waals surface area contributed by atoms with Crippen molar-refractivity contribution in [2.45, 2.75) is 33.3 Å². The number of likely N-dealkylation sites (N-methyl/N-ethyl adjacent to an activating group) is 1. The normalized spacial score (nSPS) is 12.5. The van der Waals surface area contributed by atoms with Crippen LogP contribution in [0.3, 0.4) is 0 Å². The third-order valence-corrected chi connectivity index (χ3v) is 2.52. The van der Waals surface area contributed by atoms with Crippen LogP contribution in [0.25, 0.3) is 0 Å². The van der Waals surface area contributed by atoms with Crippen molar-refractivity contribution in [1.82, 2.24) is 5.32 Å². The fraction of sp³-hybridized carbons (Fsp3) is 0.538. The van der Waals surface area contributed by atoms with Gasteiger partial charge in [-0.2, -0.15) is 0 Å². The van der Waals surface area contributed by atoms with Crippen molar-refractivity contribution in [3.8, 4) is 5.75 Å². The maximum atomic E-state index is 5.95. The van der Waals surface area contributed by atoms with E-state index >= 15 is 0 Å². The molecule has 0 amide bonds. The third kappa shape index (κ3) is 3.56. The van der Waals surface area contributed by atoms with Gasteiger partial charge in [-0.15, -0.1) is 0 Å². The predicted molar refractivity (Wildman–Crippen MR) is 64.5 cm³/mol. The SMILES string of the molecule is CCC(CNC)Oc1cc(C)ccc1C. The molecule has 1 rings (SSSR count). The van der Waals surface area contributed by atoms with Crippen molar-refractivity contribution < 1.29 is 4.74 Å². The maximum absolute atomic E-state index is 5.95. The fourth-order valence-electron chi connectivity index (χ4n) is 1.51. The van der Waals surface area contributed by atoms with E-state index in [1.54, 1.807) is 0 Å². The number of hydrogen-bond donors (Lipinski definition) is 1. The minimum Gasteiger partial charge on any atom is -0.489 e. The molecule has 0 aliphatic rings. The lowest BCUT2D eigenvalue weighted by molar-refractivity contribution is 0.195. The Labute approximate surface area is 92.6 Å². The lowest BCUT2D eigenvalue weighted by Gasteiger charge is -2.19. The number of aryl methyl sites for hydroxylation is 2. The molecule has 0 radical (unpaired) electrons. The second kappa shape index (κ2) is 5.76. The first kappa shape index (κ1) is 12.1. The number of rotatable bonds is 5. The molecule has 0 heterocycles. The van der Waals surface area contributed by atoms with Crippen LogP contribution in [0, 0.1) is 13.8 Å². The van der Waals surface area contributed by atoms with Crippen LogP contribution < -0.4 is 10.1 Å². The molecule has 2 heteroatoms. The maximum Gasteiger partial charge on any atom is 0.122 e. The van der Waals surface area contributed by atoms with E-state index in [4.69, 9.17) is 4.74 Å². The molecular formula is C13H21NO. The lowest BCUT2D eigenvalue weighted by atomic mass is 10.1. The summed E-state index contributed by atoms with van der Waals surface area (Å²) < 4.78 is 5.95. The first-order valence-electron chi connectivity index (χ1n) is 5.56. The summed E-state index contributed by atoms with van der Waals surface area (Å²) in [6.45, 7) is 7.21. The van der Waals surface area contributed by atoms with E-state index in [9.17, 15) is 0 Å². The van der Waals surface area contributed by atoms with E-state index in [1.807, 2.05) is 7.05 Å². The molecule has 1 aromatic carbocycles. The van der Waals surface area contributed by atoms with Crippen molar-refractivity contribution in [3.63, 3.8) is 0 Å². The van der Waals surface area contributed by atoms with Crippen LogP contribution >= 0.6 is 0 Å². The second-order valence-corrected chi connectivity index (χ2v) is 3.97. The van der Waals surface area contributed by atoms with Gasteiger partial charge in [0.15, 0.2) is 0 Å². The molecule has 0 saturated heterocycles. The Morgan fingerprint density at radius 1 is 1.33 bits per heavy atom. The van der Waals surface area contributed by atoms with Crippen molar-refractivity contribution in [1.29, 1.82) is 0 Å². The monoisotopic (exact) mass is 207 g/mol. The summed E-state index contributed by atoms with van der Waals surface area (Å²) in [4.78, 5) is 0. The van der Waals surface area contributed by atoms with Gasteiger partial charge in [-0.3, -0.25) is 0 Å². The summed E-state index contributed by atoms with van der Waals surface area (Å²) in [6, 6.07) is 6.33. The Bertz CT molecular complexity index is 309. The Morgan fingerprint density at radius 3 is 2.67 bits per heavy atom. The molecule has 0 aliphatic heterocycles. The van der Waals surface area contributed by atoms with Crippen LogP contribution in [0.4, 0.5) is 0 Å². The highest BCUT2D eigenvalue weighted by atomic mass is 16.5. The zero-order valence-corrected chi connectivity index (χ0v) is 10.1. The lowest BCUT2D eigenvalue weighted by Crippen LogP contribution is -2.28. The zero-order chi connectivity index (χ0) is 11.3. The molecule has 0 bridgehead atoms. The molecule has 1 unspecified atom stereocenters. The molecule has 0 spiro atoms. The van der Waals surface area contributed by atoms with Gasteiger partial charge in [-0.05, 0) is 44.5 Å². The van der Waals surface area contributed by atoms with Gasteiger partial charge in [0.1, 0.15) is 11.9 Å². The number of benzene rings is 1. The smallest absolute Gasteiger partial charge is 0.122 e. The molecule has 0 fully saturated rings. The average molecular weight is 207 g/mol. The second-order valence-electron chi connectivity index (χ2n) is 3.97. The van der Waals surface area contributed by atoms with E-state index in [2.05, 4.69) is 44.3 Å². The topological polar surface area (TPSA) is 21.3 Å². The van der Waals surface area contributed by atoms with E-state index in [1.165, 1.54) is 11.1 Å². The first-order chi connectivity index (χ1) is 7.17. The number of hydrogen-bond acceptors (Lipinski definition) is 2. The van der Waals surface area contributed by atoms with E-state index in [0.717, 1.165) is 18.7 Å². The van der Waals surface area contributed by atoms with Gasteiger partial charge >= 0.3 is 0 Å². The van der Waals surface area contributed by atoms with Crippen LogP contribution in [0.5, 0.6) is 5.75 Å². The van der Waals surface area contributed by atoms with Gasteiger partial charge in [-0.25, -0.2) is 0 Å². The van der Waals surface area contributed by atoms with E-state index < -0.39 is 0 Å². The van der Waals surface area contributed by atoms with Crippen molar-refractivity contribution in [2.24, 2.45) is 0 Å². The summed E-state index contributed by atoms with van der Waals surface area (Å²) in [5.41, 5.74) is 2.45. The molecule has 15 heavy (non-hydrogen) atoms. The molecule has 0 aliphatic carbocycles. The number of ether oxygens (including phenoxy) is 1. The van der Waals surface area contributed by atoms with Crippen LogP contribution in [-0.4, -0.2) is 19.7 Å². The summed E-state index contributed by atoms with van der Waals surface area (Å²) >= 11 is 0. The Morgan fingerprint density at radius 2 is 2.07 bits per heavy atom. The van der Waals surface area contributed by atoms with Crippen LogP contribution in [0.15, 0.2) is 18.2 Å². The van der Waals surface area contributed by atoms with Gasteiger partial charge in [0, 0.05) is 6.54 Å². The van der Waals surface area contributed by atoms with Gasteiger partial charge in [-0.1, -0.05) is 19.1 Å². The summed E-state index contributed by atoms with van der Waals surface area (Å²) in [6.07, 6.45) is 1.28. The summed E-state index contributed by atoms with van der Waals surface area (Å²) in [7, 11) is 1.95. The molecular weight excluding hydrogens is 186 g/mol. The van der Waals surface area contributed by atoms with Crippen LogP contribution in [-0.2, 0) is 0 Å². The average Bonchev–Trinajstić information content (AvgIpc) is 2.22. The largest absolute Gasteiger partial charge is 0.489 e. The van der Waals surface area contributed by atoms with Crippen molar-refractivity contribution in [3.05, 3.63) is 29.3 Å². The zero-order valence-electron chi connectivity index (χ0n) is 10.1. The Hall–Kier alpha value is -1.02. The molecule has 2 nitrogen and oxygen atoms in total. The molecule has 1 atom stereocenters. The van der Waals surface area contributed by atoms with Gasteiger partial charge in [0.25, 0.3) is 0 Å².